The van der Waals surface area contributed by atoms with Crippen LogP contribution in [-0.4, -0.2) is 0 Å². The van der Waals surface area contributed by atoms with E-state index in [0.29, 0.717) is 0 Å². The number of aryl methyl sites for hydroxylation is 1. The van der Waals surface area contributed by atoms with Crippen LogP contribution in [0.2, 0.25) is 0 Å². The van der Waals surface area contributed by atoms with Crippen molar-refractivity contribution in [1.82, 2.24) is 0 Å². The molecule has 0 atom stereocenters. The van der Waals surface area contributed by atoms with E-state index in [1.165, 1.54) is 66.8 Å². The first kappa shape index (κ1) is 31.1. The Kier molecular flexibility index (Phi) is 7.19. The summed E-state index contributed by atoms with van der Waals surface area (Å²) < 4.78 is 6.61. The van der Waals surface area contributed by atoms with Crippen LogP contribution in [0.25, 0.3) is 33.4 Å². The van der Waals surface area contributed by atoms with Crippen LogP contribution in [0.5, 0.6) is 11.5 Å². The SMILES string of the molecule is Cc1ccccc1-c1c(N(c2ccccc2)c2ccccc2)ccc(-c2cccc3c2-c2ccccc2C32c3ccccc3Oc3ccccc32)c1C. The van der Waals surface area contributed by atoms with Crippen LogP contribution in [0.15, 0.2) is 188 Å². The highest BCUT2D eigenvalue weighted by molar-refractivity contribution is 6.00. The minimum atomic E-state index is -0.516. The number of nitrogens with zero attached hydrogens (tertiary/aromatic N) is 1. The van der Waals surface area contributed by atoms with E-state index in [0.717, 1.165) is 28.6 Å². The molecule has 1 aliphatic heterocycles. The van der Waals surface area contributed by atoms with Crippen LogP contribution in [-0.2, 0) is 5.41 Å². The maximum Gasteiger partial charge on any atom is 0.132 e. The number of fused-ring (bicyclic) bond motifs is 9. The minimum absolute atomic E-state index is 0.516. The summed E-state index contributed by atoms with van der Waals surface area (Å²) in [5.74, 6) is 1.81. The number of hydrogen-bond acceptors (Lipinski definition) is 2. The normalized spacial score (nSPS) is 13.0. The number of rotatable bonds is 5. The molecule has 0 aromatic heterocycles. The molecule has 2 heteroatoms. The van der Waals surface area contributed by atoms with E-state index in [2.05, 4.69) is 207 Å². The fraction of sp³-hybridized carbons (Fsp3) is 0.0588. The molecule has 0 fully saturated rings. The molecule has 1 spiro atoms. The predicted octanol–water partition coefficient (Wildman–Crippen LogP) is 13.6. The van der Waals surface area contributed by atoms with Gasteiger partial charge in [0.05, 0.1) is 11.1 Å². The van der Waals surface area contributed by atoms with Gasteiger partial charge in [-0.1, -0.05) is 146 Å². The van der Waals surface area contributed by atoms with Crippen LogP contribution in [0.1, 0.15) is 33.4 Å². The highest BCUT2D eigenvalue weighted by Gasteiger charge is 2.51. The van der Waals surface area contributed by atoms with Crippen molar-refractivity contribution in [2.24, 2.45) is 0 Å². The molecule has 0 N–H and O–H groups in total. The fourth-order valence-corrected chi connectivity index (χ4v) is 9.08. The Morgan fingerprint density at radius 1 is 0.377 bits per heavy atom. The smallest absolute Gasteiger partial charge is 0.132 e. The number of benzene rings is 8. The summed E-state index contributed by atoms with van der Waals surface area (Å²) >= 11 is 0. The van der Waals surface area contributed by atoms with E-state index in [1.54, 1.807) is 0 Å². The second kappa shape index (κ2) is 12.3. The first-order valence-corrected chi connectivity index (χ1v) is 18.4. The lowest BCUT2D eigenvalue weighted by Crippen LogP contribution is -2.32. The molecule has 0 saturated carbocycles. The van der Waals surface area contributed by atoms with Crippen molar-refractivity contribution >= 4 is 17.1 Å². The van der Waals surface area contributed by atoms with Gasteiger partial charge in [-0.05, 0) is 106 Å². The summed E-state index contributed by atoms with van der Waals surface area (Å²) in [6.45, 7) is 4.53. The van der Waals surface area contributed by atoms with E-state index < -0.39 is 5.41 Å². The van der Waals surface area contributed by atoms with E-state index in [9.17, 15) is 0 Å². The number of hydrogen-bond donors (Lipinski definition) is 0. The van der Waals surface area contributed by atoms with Crippen LogP contribution in [0.3, 0.4) is 0 Å². The highest BCUT2D eigenvalue weighted by atomic mass is 16.5. The summed E-state index contributed by atoms with van der Waals surface area (Å²) in [5.41, 5.74) is 17.8. The largest absolute Gasteiger partial charge is 0.457 e. The fourth-order valence-electron chi connectivity index (χ4n) is 9.08. The van der Waals surface area contributed by atoms with Gasteiger partial charge in [0, 0.05) is 28.1 Å². The maximum atomic E-state index is 6.61. The van der Waals surface area contributed by atoms with Gasteiger partial charge in [0.2, 0.25) is 0 Å². The van der Waals surface area contributed by atoms with Crippen LogP contribution in [0, 0.1) is 13.8 Å². The number of anilines is 3. The molecular weight excluding hydrogens is 643 g/mol. The van der Waals surface area contributed by atoms with Crippen molar-refractivity contribution in [3.05, 3.63) is 221 Å². The van der Waals surface area contributed by atoms with Gasteiger partial charge in [-0.3, -0.25) is 0 Å². The molecule has 10 rings (SSSR count). The van der Waals surface area contributed by atoms with Crippen molar-refractivity contribution < 1.29 is 4.74 Å². The van der Waals surface area contributed by atoms with Gasteiger partial charge in [-0.25, -0.2) is 0 Å². The molecule has 8 aromatic carbocycles. The Hall–Kier alpha value is -6.64. The van der Waals surface area contributed by atoms with Crippen molar-refractivity contribution in [3.8, 4) is 44.9 Å². The van der Waals surface area contributed by atoms with Gasteiger partial charge in [0.15, 0.2) is 0 Å². The lowest BCUT2D eigenvalue weighted by molar-refractivity contribution is 0.436. The minimum Gasteiger partial charge on any atom is -0.457 e. The van der Waals surface area contributed by atoms with Gasteiger partial charge in [0.1, 0.15) is 11.5 Å². The summed E-state index contributed by atoms with van der Waals surface area (Å²) in [6.07, 6.45) is 0. The summed E-state index contributed by atoms with van der Waals surface area (Å²) in [4.78, 5) is 2.40. The number of ether oxygens (including phenoxy) is 1. The average molecular weight is 680 g/mol. The van der Waals surface area contributed by atoms with E-state index in [4.69, 9.17) is 4.74 Å². The zero-order chi connectivity index (χ0) is 35.5. The Bertz CT molecular complexity index is 2590. The molecule has 1 aliphatic carbocycles. The monoisotopic (exact) mass is 679 g/mol. The van der Waals surface area contributed by atoms with Gasteiger partial charge in [-0.15, -0.1) is 0 Å². The van der Waals surface area contributed by atoms with Gasteiger partial charge in [0.25, 0.3) is 0 Å². The first-order valence-electron chi connectivity index (χ1n) is 18.4. The molecule has 0 unspecified atom stereocenters. The third kappa shape index (κ3) is 4.59. The van der Waals surface area contributed by atoms with Gasteiger partial charge < -0.3 is 9.64 Å². The Balaban J connectivity index is 1.28. The molecule has 2 aliphatic rings. The predicted molar refractivity (Wildman–Crippen MR) is 219 cm³/mol. The Morgan fingerprint density at radius 2 is 0.887 bits per heavy atom. The maximum absolute atomic E-state index is 6.61. The van der Waals surface area contributed by atoms with E-state index in [-0.39, 0.29) is 0 Å². The second-order valence-electron chi connectivity index (χ2n) is 14.1. The molecule has 2 nitrogen and oxygen atoms in total. The molecule has 1 heterocycles. The lowest BCUT2D eigenvalue weighted by atomic mass is 9.66. The molecule has 252 valence electrons. The lowest BCUT2D eigenvalue weighted by Gasteiger charge is -2.39. The summed E-state index contributed by atoms with van der Waals surface area (Å²) in [5, 5.41) is 0. The van der Waals surface area contributed by atoms with Gasteiger partial charge >= 0.3 is 0 Å². The molecular formula is C51H37NO. The summed E-state index contributed by atoms with van der Waals surface area (Å²) in [7, 11) is 0. The molecule has 0 bridgehead atoms. The third-order valence-corrected chi connectivity index (χ3v) is 11.3. The highest BCUT2D eigenvalue weighted by Crippen LogP contribution is 2.63. The zero-order valence-corrected chi connectivity index (χ0v) is 29.8. The van der Waals surface area contributed by atoms with Crippen LogP contribution >= 0.6 is 0 Å². The van der Waals surface area contributed by atoms with Crippen molar-refractivity contribution in [2.75, 3.05) is 4.90 Å². The van der Waals surface area contributed by atoms with Gasteiger partial charge in [-0.2, -0.15) is 0 Å². The van der Waals surface area contributed by atoms with Crippen LogP contribution in [0.4, 0.5) is 17.1 Å². The van der Waals surface area contributed by atoms with E-state index in [1.807, 2.05) is 0 Å². The second-order valence-corrected chi connectivity index (χ2v) is 14.1. The Labute approximate surface area is 311 Å². The Morgan fingerprint density at radius 3 is 1.53 bits per heavy atom. The zero-order valence-electron chi connectivity index (χ0n) is 29.8. The molecule has 0 saturated heterocycles. The van der Waals surface area contributed by atoms with E-state index >= 15 is 0 Å². The number of para-hydroxylation sites is 4. The first-order chi connectivity index (χ1) is 26.2. The molecule has 53 heavy (non-hydrogen) atoms. The average Bonchev–Trinajstić information content (AvgIpc) is 3.50. The third-order valence-electron chi connectivity index (χ3n) is 11.3. The van der Waals surface area contributed by atoms with Crippen molar-refractivity contribution in [2.45, 2.75) is 19.3 Å². The molecule has 8 aromatic rings. The van der Waals surface area contributed by atoms with Crippen LogP contribution < -0.4 is 9.64 Å². The quantitative estimate of drug-likeness (QED) is 0.180. The standard InChI is InChI=1S/C51H37NO/c1-34-18-9-10-23-38(34)49-35(2)39(32-33-46(49)52(36-19-5-3-6-20-36)37-21-7-4-8-22-37)40-25-17-29-45-50(40)41-24-11-12-26-42(41)51(45)43-27-13-15-30-47(43)53-48-31-16-14-28-44(48)51/h3-33H,1-2H3. The van der Waals surface area contributed by atoms with Crippen molar-refractivity contribution in [1.29, 1.82) is 0 Å². The molecule has 0 radical (unpaired) electrons. The van der Waals surface area contributed by atoms with Crippen molar-refractivity contribution in [3.63, 3.8) is 0 Å². The molecule has 0 amide bonds. The topological polar surface area (TPSA) is 12.5 Å². The summed E-state index contributed by atoms with van der Waals surface area (Å²) in [6, 6.07) is 68.0.